The average Bonchev–Trinajstić information content (AvgIpc) is 2.89. The molecule has 2 N–H and O–H groups in total. The molecule has 84 valence electrons. The molecule has 2 unspecified atom stereocenters. The highest BCUT2D eigenvalue weighted by Gasteiger charge is 2.66. The molecule has 0 aromatic rings. The van der Waals surface area contributed by atoms with Crippen LogP contribution in [0.5, 0.6) is 0 Å². The second kappa shape index (κ2) is 2.74. The number of carboxylic acid groups (broad SMARTS) is 1. The van der Waals surface area contributed by atoms with Crippen molar-refractivity contribution in [3.05, 3.63) is 0 Å². The van der Waals surface area contributed by atoms with E-state index in [-0.39, 0.29) is 22.8 Å². The number of carboxylic acids is 1. The summed E-state index contributed by atoms with van der Waals surface area (Å²) in [6, 6.07) is 0. The van der Waals surface area contributed by atoms with E-state index in [0.717, 1.165) is 12.8 Å². The van der Waals surface area contributed by atoms with E-state index in [1.807, 2.05) is 20.8 Å². The Balaban J connectivity index is 2.00. The predicted octanol–water partition coefficient (Wildman–Crippen LogP) is 1.01. The van der Waals surface area contributed by atoms with Crippen molar-refractivity contribution in [1.29, 1.82) is 0 Å². The highest BCUT2D eigenvalue weighted by atomic mass is 16.4. The summed E-state index contributed by atoms with van der Waals surface area (Å²) in [6.07, 6.45) is 2.01. The Kier molecular flexibility index (Phi) is 1.91. The van der Waals surface area contributed by atoms with Gasteiger partial charge in [-0.15, -0.1) is 0 Å². The van der Waals surface area contributed by atoms with E-state index in [2.05, 4.69) is 5.32 Å². The first-order chi connectivity index (χ1) is 6.78. The molecule has 2 aliphatic carbocycles. The van der Waals surface area contributed by atoms with Crippen LogP contribution in [0.15, 0.2) is 0 Å². The summed E-state index contributed by atoms with van der Waals surface area (Å²) in [5.41, 5.74) is -0.444. The Labute approximate surface area is 89.0 Å². The van der Waals surface area contributed by atoms with Crippen LogP contribution < -0.4 is 5.32 Å². The van der Waals surface area contributed by atoms with Gasteiger partial charge < -0.3 is 10.4 Å². The van der Waals surface area contributed by atoms with Gasteiger partial charge in [0.25, 0.3) is 0 Å². The number of aliphatic carboxylic acids is 1. The third-order valence-corrected chi connectivity index (χ3v) is 3.80. The Morgan fingerprint density at radius 2 is 1.73 bits per heavy atom. The molecule has 0 heterocycles. The van der Waals surface area contributed by atoms with Gasteiger partial charge in [-0.2, -0.15) is 0 Å². The zero-order valence-corrected chi connectivity index (χ0v) is 9.33. The summed E-state index contributed by atoms with van der Waals surface area (Å²) in [5.74, 6) is -1.82. The standard InChI is InChI=1S/C11H17NO3/c1-10(2)6(7(10)9(14)15)8(13)12-11(3)4-5-11/h6-7H,4-5H2,1-3H3,(H,12,13)(H,14,15). The van der Waals surface area contributed by atoms with Crippen LogP contribution in [-0.2, 0) is 9.59 Å². The maximum Gasteiger partial charge on any atom is 0.307 e. The van der Waals surface area contributed by atoms with E-state index in [0.29, 0.717) is 0 Å². The molecule has 0 radical (unpaired) electrons. The zero-order valence-electron chi connectivity index (χ0n) is 9.33. The number of carbonyl (C=O) groups is 2. The molecule has 2 rings (SSSR count). The van der Waals surface area contributed by atoms with Gasteiger partial charge in [0.15, 0.2) is 0 Å². The first-order valence-electron chi connectivity index (χ1n) is 5.33. The fourth-order valence-corrected chi connectivity index (χ4v) is 2.28. The Hall–Kier alpha value is -1.06. The van der Waals surface area contributed by atoms with E-state index in [9.17, 15) is 9.59 Å². The van der Waals surface area contributed by atoms with Gasteiger partial charge in [-0.3, -0.25) is 9.59 Å². The van der Waals surface area contributed by atoms with Crippen molar-refractivity contribution in [3.8, 4) is 0 Å². The summed E-state index contributed by atoms with van der Waals surface area (Å²) in [5, 5.41) is 11.9. The molecule has 2 saturated carbocycles. The lowest BCUT2D eigenvalue weighted by molar-refractivity contribution is -0.140. The van der Waals surface area contributed by atoms with Crippen LogP contribution in [0.2, 0.25) is 0 Å². The molecule has 0 bridgehead atoms. The number of carbonyl (C=O) groups excluding carboxylic acids is 1. The van der Waals surface area contributed by atoms with Crippen molar-refractivity contribution >= 4 is 11.9 Å². The Morgan fingerprint density at radius 1 is 1.20 bits per heavy atom. The van der Waals surface area contributed by atoms with E-state index < -0.39 is 11.9 Å². The van der Waals surface area contributed by atoms with Crippen molar-refractivity contribution in [2.24, 2.45) is 17.3 Å². The van der Waals surface area contributed by atoms with Crippen LogP contribution >= 0.6 is 0 Å². The second-order valence-corrected chi connectivity index (χ2v) is 5.66. The summed E-state index contributed by atoms with van der Waals surface area (Å²) in [6.45, 7) is 5.67. The molecule has 4 heteroatoms. The molecule has 1 amide bonds. The summed E-state index contributed by atoms with van der Waals surface area (Å²) in [4.78, 5) is 22.7. The highest BCUT2D eigenvalue weighted by molar-refractivity contribution is 5.92. The smallest absolute Gasteiger partial charge is 0.307 e. The lowest BCUT2D eigenvalue weighted by atomic mass is 10.1. The first kappa shape index (κ1) is 10.5. The number of amides is 1. The fraction of sp³-hybridized carbons (Fsp3) is 0.818. The van der Waals surface area contributed by atoms with E-state index in [1.54, 1.807) is 0 Å². The van der Waals surface area contributed by atoms with Gasteiger partial charge >= 0.3 is 5.97 Å². The minimum atomic E-state index is -0.860. The Bertz CT molecular complexity index is 331. The van der Waals surface area contributed by atoms with Gasteiger partial charge in [0, 0.05) is 5.54 Å². The molecular formula is C11H17NO3. The summed E-state index contributed by atoms with van der Waals surface area (Å²) >= 11 is 0. The molecule has 2 atom stereocenters. The molecule has 0 aliphatic heterocycles. The first-order valence-corrected chi connectivity index (χ1v) is 5.33. The number of hydrogen-bond donors (Lipinski definition) is 2. The van der Waals surface area contributed by atoms with Crippen molar-refractivity contribution in [2.45, 2.75) is 39.2 Å². The lowest BCUT2D eigenvalue weighted by Gasteiger charge is -2.11. The van der Waals surface area contributed by atoms with Gasteiger partial charge in [0.1, 0.15) is 0 Å². The summed E-state index contributed by atoms with van der Waals surface area (Å²) < 4.78 is 0. The molecular weight excluding hydrogens is 194 g/mol. The topological polar surface area (TPSA) is 66.4 Å². The maximum absolute atomic E-state index is 11.8. The van der Waals surface area contributed by atoms with Crippen molar-refractivity contribution in [1.82, 2.24) is 5.32 Å². The third-order valence-electron chi connectivity index (χ3n) is 3.80. The molecule has 4 nitrogen and oxygen atoms in total. The van der Waals surface area contributed by atoms with Gasteiger partial charge in [0.2, 0.25) is 5.91 Å². The Morgan fingerprint density at radius 3 is 2.07 bits per heavy atom. The molecule has 0 spiro atoms. The molecule has 0 aromatic carbocycles. The average molecular weight is 211 g/mol. The monoisotopic (exact) mass is 211 g/mol. The van der Waals surface area contributed by atoms with E-state index >= 15 is 0 Å². The maximum atomic E-state index is 11.8. The van der Waals surface area contributed by atoms with Gasteiger partial charge in [-0.05, 0) is 25.2 Å². The van der Waals surface area contributed by atoms with Crippen molar-refractivity contribution < 1.29 is 14.7 Å². The molecule has 0 saturated heterocycles. The van der Waals surface area contributed by atoms with Crippen molar-refractivity contribution in [3.63, 3.8) is 0 Å². The molecule has 15 heavy (non-hydrogen) atoms. The number of rotatable bonds is 3. The zero-order chi connectivity index (χ0) is 11.4. The highest BCUT2D eigenvalue weighted by Crippen LogP contribution is 2.58. The van der Waals surface area contributed by atoms with Crippen LogP contribution in [0, 0.1) is 17.3 Å². The third kappa shape index (κ3) is 1.62. The molecule has 2 aliphatic rings. The second-order valence-electron chi connectivity index (χ2n) is 5.66. The lowest BCUT2D eigenvalue weighted by Crippen LogP contribution is -2.36. The minimum absolute atomic E-state index is 0.0567. The normalized spacial score (nSPS) is 34.3. The SMILES string of the molecule is CC1(NC(=O)C2C(C(=O)O)C2(C)C)CC1. The minimum Gasteiger partial charge on any atom is -0.481 e. The van der Waals surface area contributed by atoms with Crippen molar-refractivity contribution in [2.75, 3.05) is 0 Å². The molecule has 0 aromatic heterocycles. The van der Waals surface area contributed by atoms with Crippen LogP contribution in [-0.4, -0.2) is 22.5 Å². The fourth-order valence-electron chi connectivity index (χ4n) is 2.28. The summed E-state index contributed by atoms with van der Waals surface area (Å²) in [7, 11) is 0. The number of hydrogen-bond acceptors (Lipinski definition) is 2. The van der Waals surface area contributed by atoms with E-state index in [4.69, 9.17) is 5.11 Å². The predicted molar refractivity (Wildman–Crippen MR) is 54.2 cm³/mol. The van der Waals surface area contributed by atoms with Crippen LogP contribution in [0.3, 0.4) is 0 Å². The van der Waals surface area contributed by atoms with Crippen LogP contribution in [0.4, 0.5) is 0 Å². The quantitative estimate of drug-likeness (QED) is 0.732. The molecule has 2 fully saturated rings. The number of nitrogens with one attached hydrogen (secondary N) is 1. The van der Waals surface area contributed by atoms with Gasteiger partial charge in [0.05, 0.1) is 11.8 Å². The van der Waals surface area contributed by atoms with Gasteiger partial charge in [-0.1, -0.05) is 13.8 Å². The largest absolute Gasteiger partial charge is 0.481 e. The van der Waals surface area contributed by atoms with Crippen LogP contribution in [0.1, 0.15) is 33.6 Å². The van der Waals surface area contributed by atoms with Crippen LogP contribution in [0.25, 0.3) is 0 Å². The van der Waals surface area contributed by atoms with E-state index in [1.165, 1.54) is 0 Å². The van der Waals surface area contributed by atoms with Gasteiger partial charge in [-0.25, -0.2) is 0 Å².